The van der Waals surface area contributed by atoms with Crippen LogP contribution in [0.1, 0.15) is 5.56 Å². The van der Waals surface area contributed by atoms with Crippen molar-refractivity contribution < 1.29 is 0 Å². The molecule has 9 rings (SSSR count). The summed E-state index contributed by atoms with van der Waals surface area (Å²) in [6, 6.07) is 53.3. The van der Waals surface area contributed by atoms with E-state index >= 15 is 0 Å². The molecule has 0 saturated heterocycles. The Labute approximate surface area is 288 Å². The second kappa shape index (κ2) is 11.4. The van der Waals surface area contributed by atoms with Gasteiger partial charge in [0.1, 0.15) is 0 Å². The molecule has 0 fully saturated rings. The van der Waals surface area contributed by atoms with Gasteiger partial charge in [-0.15, -0.1) is 0 Å². The van der Waals surface area contributed by atoms with Gasteiger partial charge in [-0.05, 0) is 70.1 Å². The monoisotopic (exact) mass is 635 g/mol. The highest BCUT2D eigenvalue weighted by Gasteiger charge is 2.22. The Kier molecular flexibility index (Phi) is 6.56. The Morgan fingerprint density at radius 3 is 1.76 bits per heavy atom. The Bertz CT molecular complexity index is 2900. The van der Waals surface area contributed by atoms with Gasteiger partial charge in [0, 0.05) is 21.8 Å². The maximum atomic E-state index is 9.73. The molecule has 2 aromatic heterocycles. The van der Waals surface area contributed by atoms with E-state index < -0.39 is 0 Å². The van der Waals surface area contributed by atoms with Gasteiger partial charge in [-0.3, -0.25) is 0 Å². The van der Waals surface area contributed by atoms with Crippen LogP contribution in [0.5, 0.6) is 0 Å². The van der Waals surface area contributed by atoms with Crippen molar-refractivity contribution in [2.45, 2.75) is 0 Å². The molecule has 9 aromatic rings. The normalized spacial score (nSPS) is 11.1. The molecule has 0 aliphatic heterocycles. The number of para-hydroxylation sites is 4. The van der Waals surface area contributed by atoms with Crippen molar-refractivity contribution in [3.05, 3.63) is 180 Å². The van der Waals surface area contributed by atoms with E-state index in [2.05, 4.69) is 111 Å². The van der Waals surface area contributed by atoms with E-state index in [0.717, 1.165) is 60.8 Å². The first-order valence-electron chi connectivity index (χ1n) is 16.2. The van der Waals surface area contributed by atoms with Crippen molar-refractivity contribution in [2.75, 3.05) is 0 Å². The number of benzene rings is 7. The lowest BCUT2D eigenvalue weighted by atomic mass is 9.93. The fraction of sp³-hybridized carbons (Fsp3) is 0. The summed E-state index contributed by atoms with van der Waals surface area (Å²) in [5, 5.41) is 13.9. The van der Waals surface area contributed by atoms with E-state index in [4.69, 9.17) is 13.1 Å². The predicted octanol–water partition coefficient (Wildman–Crippen LogP) is 12.2. The molecule has 7 aromatic carbocycles. The largest absolute Gasteiger partial charge is 0.328 e. The van der Waals surface area contributed by atoms with Crippen molar-refractivity contribution in [1.82, 2.24) is 9.13 Å². The van der Waals surface area contributed by atoms with Crippen LogP contribution >= 0.6 is 0 Å². The van der Waals surface area contributed by atoms with Crippen LogP contribution in [0.3, 0.4) is 0 Å². The van der Waals surface area contributed by atoms with E-state index in [-0.39, 0.29) is 0 Å². The molecule has 5 heteroatoms. The second-order valence-electron chi connectivity index (χ2n) is 12.2. The lowest BCUT2D eigenvalue weighted by Crippen LogP contribution is -1.99. The molecule has 230 valence electrons. The molecule has 50 heavy (non-hydrogen) atoms. The summed E-state index contributed by atoms with van der Waals surface area (Å²) in [4.78, 5) is 7.90. The van der Waals surface area contributed by atoms with Crippen molar-refractivity contribution in [3.63, 3.8) is 0 Å². The highest BCUT2D eigenvalue weighted by molar-refractivity contribution is 6.15. The van der Waals surface area contributed by atoms with Crippen LogP contribution in [0.25, 0.3) is 86.9 Å². The molecule has 0 unspecified atom stereocenters. The van der Waals surface area contributed by atoms with Crippen molar-refractivity contribution in [2.24, 2.45) is 0 Å². The minimum absolute atomic E-state index is 0.474. The predicted molar refractivity (Wildman–Crippen MR) is 203 cm³/mol. The third-order valence-electron chi connectivity index (χ3n) is 9.61. The minimum atomic E-state index is 0.474. The summed E-state index contributed by atoms with van der Waals surface area (Å²) in [5.74, 6) is 0. The Morgan fingerprint density at radius 1 is 0.480 bits per heavy atom. The van der Waals surface area contributed by atoms with E-state index in [1.54, 1.807) is 6.07 Å². The molecule has 5 nitrogen and oxygen atoms in total. The van der Waals surface area contributed by atoms with Gasteiger partial charge < -0.3 is 9.13 Å². The molecule has 0 radical (unpaired) electrons. The Morgan fingerprint density at radius 2 is 1.06 bits per heavy atom. The van der Waals surface area contributed by atoms with Crippen molar-refractivity contribution >= 4 is 55.0 Å². The number of fused-ring (bicyclic) bond motifs is 6. The number of hydrogen-bond acceptors (Lipinski definition) is 1. The van der Waals surface area contributed by atoms with Crippen LogP contribution < -0.4 is 0 Å². The van der Waals surface area contributed by atoms with Gasteiger partial charge in [-0.25, -0.2) is 9.69 Å². The average molecular weight is 636 g/mol. The molecule has 0 spiro atoms. The van der Waals surface area contributed by atoms with E-state index in [0.29, 0.717) is 22.6 Å². The fourth-order valence-electron chi connectivity index (χ4n) is 7.48. The average Bonchev–Trinajstić information content (AvgIpc) is 3.70. The summed E-state index contributed by atoms with van der Waals surface area (Å²) < 4.78 is 4.36. The molecule has 0 aliphatic rings. The Hall–Kier alpha value is -7.39. The zero-order valence-electron chi connectivity index (χ0n) is 26.7. The lowest BCUT2D eigenvalue weighted by Gasteiger charge is -2.19. The van der Waals surface area contributed by atoms with Crippen LogP contribution in [0.15, 0.2) is 152 Å². The van der Waals surface area contributed by atoms with Gasteiger partial charge in [0.15, 0.2) is 0 Å². The smallest absolute Gasteiger partial charge is 0.211 e. The summed E-state index contributed by atoms with van der Waals surface area (Å²) in [6.45, 7) is 16.3. The van der Waals surface area contributed by atoms with E-state index in [1.807, 2.05) is 59.2 Å². The van der Waals surface area contributed by atoms with E-state index in [1.165, 1.54) is 10.8 Å². The maximum Gasteiger partial charge on any atom is 0.211 e. The van der Waals surface area contributed by atoms with Gasteiger partial charge in [0.05, 0.1) is 52.5 Å². The summed E-state index contributed by atoms with van der Waals surface area (Å²) in [7, 11) is 0. The van der Waals surface area contributed by atoms with E-state index in [9.17, 15) is 5.26 Å². The molecule has 2 heterocycles. The first kappa shape index (κ1) is 28.8. The molecule has 0 aliphatic carbocycles. The van der Waals surface area contributed by atoms with Crippen LogP contribution in [-0.2, 0) is 0 Å². The van der Waals surface area contributed by atoms with Gasteiger partial charge in [-0.2, -0.15) is 5.26 Å². The standard InChI is InChI=1S/C45H25N5/c1-47-39-17-9-15-36(44(39)50-43-26-21-29(28-46)27-38(43)37-16-10-18-40(48-2)45(37)50)33-12-4-3-11-32(33)30-22-24-31(25-23-30)49-41-19-7-5-13-34(41)35-14-6-8-20-42(35)49/h3-27H. The minimum Gasteiger partial charge on any atom is -0.328 e. The third-order valence-corrected chi connectivity index (χ3v) is 9.61. The molecule has 0 saturated carbocycles. The highest BCUT2D eigenvalue weighted by Crippen LogP contribution is 2.45. The van der Waals surface area contributed by atoms with Gasteiger partial charge in [0.2, 0.25) is 11.4 Å². The maximum absolute atomic E-state index is 9.73. The summed E-state index contributed by atoms with van der Waals surface area (Å²) >= 11 is 0. The zero-order chi connectivity index (χ0) is 33.8. The number of aromatic nitrogens is 2. The second-order valence-corrected chi connectivity index (χ2v) is 12.2. The highest BCUT2D eigenvalue weighted by atomic mass is 15.0. The number of rotatable bonds is 4. The summed E-state index contributed by atoms with van der Waals surface area (Å²) in [6.07, 6.45) is 0. The topological polar surface area (TPSA) is 42.4 Å². The molecule has 0 N–H and O–H groups in total. The van der Waals surface area contributed by atoms with Gasteiger partial charge in [-0.1, -0.05) is 109 Å². The van der Waals surface area contributed by atoms with Crippen LogP contribution in [0, 0.1) is 24.5 Å². The fourth-order valence-corrected chi connectivity index (χ4v) is 7.48. The van der Waals surface area contributed by atoms with Crippen molar-refractivity contribution in [1.29, 1.82) is 5.26 Å². The first-order chi connectivity index (χ1) is 24.7. The number of hydrogen-bond donors (Lipinski definition) is 0. The Balaban J connectivity index is 1.27. The molecular weight excluding hydrogens is 611 g/mol. The first-order valence-corrected chi connectivity index (χ1v) is 16.2. The van der Waals surface area contributed by atoms with Crippen LogP contribution in [0.4, 0.5) is 11.4 Å². The van der Waals surface area contributed by atoms with Crippen LogP contribution in [0.2, 0.25) is 0 Å². The molecule has 0 atom stereocenters. The summed E-state index contributed by atoms with van der Waals surface area (Å²) in [5.41, 5.74) is 11.1. The molecule has 0 bridgehead atoms. The lowest BCUT2D eigenvalue weighted by molar-refractivity contribution is 1.18. The van der Waals surface area contributed by atoms with Gasteiger partial charge >= 0.3 is 0 Å². The molecule has 0 amide bonds. The van der Waals surface area contributed by atoms with Crippen molar-refractivity contribution in [3.8, 4) is 39.7 Å². The zero-order valence-corrected chi connectivity index (χ0v) is 26.7. The molecular formula is C45H25N5. The quantitative estimate of drug-likeness (QED) is 0.177. The SMILES string of the molecule is [C-]#[N+]c1cccc(-c2ccccc2-c2ccc(-n3c4ccccc4c4ccccc43)cc2)c1-n1c2ccc(C#N)cc2c2cccc([N+]#[C-])c21. The third kappa shape index (κ3) is 4.24. The number of nitrogens with zero attached hydrogens (tertiary/aromatic N) is 5. The van der Waals surface area contributed by atoms with Crippen LogP contribution in [-0.4, -0.2) is 9.13 Å². The number of nitriles is 1. The van der Waals surface area contributed by atoms with Gasteiger partial charge in [0.25, 0.3) is 0 Å².